The molecule has 18 heavy (non-hydrogen) atoms. The molecule has 0 aliphatic rings. The van der Waals surface area contributed by atoms with Crippen molar-refractivity contribution in [3.05, 3.63) is 64.4 Å². The number of halogens is 2. The Labute approximate surface area is 109 Å². The standard InChI is InChI=1S/C14H11ClFNO/c15-11-5-2-6-12(16)14(11)13(18)8-9-3-1-4-10(17)7-9/h1-7H,8,17H2. The fourth-order valence-corrected chi connectivity index (χ4v) is 2.01. The molecule has 0 saturated heterocycles. The van der Waals surface area contributed by atoms with E-state index in [1.807, 2.05) is 0 Å². The van der Waals surface area contributed by atoms with E-state index in [1.54, 1.807) is 24.3 Å². The van der Waals surface area contributed by atoms with Gasteiger partial charge in [0.25, 0.3) is 0 Å². The van der Waals surface area contributed by atoms with E-state index in [-0.39, 0.29) is 22.8 Å². The summed E-state index contributed by atoms with van der Waals surface area (Å²) in [5, 5.41) is 0.129. The second-order valence-electron chi connectivity index (χ2n) is 3.94. The zero-order valence-electron chi connectivity index (χ0n) is 9.49. The van der Waals surface area contributed by atoms with Gasteiger partial charge in [-0.05, 0) is 29.8 Å². The molecule has 0 bridgehead atoms. The first-order valence-corrected chi connectivity index (χ1v) is 5.77. The third kappa shape index (κ3) is 2.68. The minimum absolute atomic E-state index is 0.0680. The van der Waals surface area contributed by atoms with Crippen LogP contribution in [0.3, 0.4) is 0 Å². The van der Waals surface area contributed by atoms with Crippen LogP contribution in [0.25, 0.3) is 0 Å². The molecule has 92 valence electrons. The summed E-state index contributed by atoms with van der Waals surface area (Å²) >= 11 is 5.84. The van der Waals surface area contributed by atoms with Crippen LogP contribution in [-0.4, -0.2) is 5.78 Å². The summed E-state index contributed by atoms with van der Waals surface area (Å²) in [6.07, 6.45) is 0.0751. The van der Waals surface area contributed by atoms with E-state index in [1.165, 1.54) is 18.2 Å². The van der Waals surface area contributed by atoms with Gasteiger partial charge in [-0.25, -0.2) is 4.39 Å². The molecular formula is C14H11ClFNO. The van der Waals surface area contributed by atoms with Crippen LogP contribution in [0, 0.1) is 5.82 Å². The van der Waals surface area contributed by atoms with Crippen LogP contribution in [0.4, 0.5) is 10.1 Å². The normalized spacial score (nSPS) is 10.3. The van der Waals surface area contributed by atoms with Crippen molar-refractivity contribution in [2.45, 2.75) is 6.42 Å². The highest BCUT2D eigenvalue weighted by atomic mass is 35.5. The molecule has 0 radical (unpaired) electrons. The number of nitrogen functional groups attached to an aromatic ring is 1. The van der Waals surface area contributed by atoms with Gasteiger partial charge in [0.1, 0.15) is 5.82 Å². The smallest absolute Gasteiger partial charge is 0.171 e. The van der Waals surface area contributed by atoms with E-state index in [2.05, 4.69) is 0 Å². The number of nitrogens with two attached hydrogens (primary N) is 1. The average Bonchev–Trinajstić information content (AvgIpc) is 2.28. The van der Waals surface area contributed by atoms with Gasteiger partial charge in [-0.15, -0.1) is 0 Å². The van der Waals surface area contributed by atoms with Gasteiger partial charge < -0.3 is 5.73 Å². The molecule has 2 aromatic rings. The maximum absolute atomic E-state index is 13.6. The summed E-state index contributed by atoms with van der Waals surface area (Å²) in [5.41, 5.74) is 6.86. The Hall–Kier alpha value is -1.87. The Morgan fingerprint density at radius 2 is 1.94 bits per heavy atom. The van der Waals surface area contributed by atoms with Crippen LogP contribution in [0.15, 0.2) is 42.5 Å². The fraction of sp³-hybridized carbons (Fsp3) is 0.0714. The second-order valence-corrected chi connectivity index (χ2v) is 4.35. The lowest BCUT2D eigenvalue weighted by molar-refractivity contribution is 0.0989. The molecule has 0 spiro atoms. The molecule has 2 aromatic carbocycles. The number of hydrogen-bond donors (Lipinski definition) is 1. The van der Waals surface area contributed by atoms with Crippen molar-refractivity contribution in [2.75, 3.05) is 5.73 Å². The maximum atomic E-state index is 13.6. The summed E-state index contributed by atoms with van der Waals surface area (Å²) in [5.74, 6) is -0.958. The van der Waals surface area contributed by atoms with Gasteiger partial charge in [0.15, 0.2) is 5.78 Å². The van der Waals surface area contributed by atoms with Crippen LogP contribution in [0.1, 0.15) is 15.9 Å². The molecule has 0 aromatic heterocycles. The molecule has 0 atom stereocenters. The number of anilines is 1. The molecule has 0 aliphatic heterocycles. The van der Waals surface area contributed by atoms with Gasteiger partial charge in [0.2, 0.25) is 0 Å². The van der Waals surface area contributed by atoms with Gasteiger partial charge >= 0.3 is 0 Å². The highest BCUT2D eigenvalue weighted by Gasteiger charge is 2.15. The predicted molar refractivity (Wildman–Crippen MR) is 70.3 cm³/mol. The number of ketones is 1. The SMILES string of the molecule is Nc1cccc(CC(=O)c2c(F)cccc2Cl)c1. The Morgan fingerprint density at radius 3 is 2.61 bits per heavy atom. The molecule has 0 unspecified atom stereocenters. The highest BCUT2D eigenvalue weighted by molar-refractivity contribution is 6.34. The largest absolute Gasteiger partial charge is 0.399 e. The molecule has 0 heterocycles. The number of carbonyl (C=O) groups excluding carboxylic acids is 1. The monoisotopic (exact) mass is 263 g/mol. The van der Waals surface area contributed by atoms with Gasteiger partial charge in [0.05, 0.1) is 10.6 Å². The minimum Gasteiger partial charge on any atom is -0.399 e. The summed E-state index contributed by atoms with van der Waals surface area (Å²) in [6, 6.07) is 11.1. The van der Waals surface area contributed by atoms with Crippen molar-refractivity contribution in [3.63, 3.8) is 0 Å². The highest BCUT2D eigenvalue weighted by Crippen LogP contribution is 2.21. The number of rotatable bonds is 3. The third-order valence-electron chi connectivity index (χ3n) is 2.56. The van der Waals surface area contributed by atoms with Crippen LogP contribution in [0.5, 0.6) is 0 Å². The summed E-state index contributed by atoms with van der Waals surface area (Å²) in [7, 11) is 0. The van der Waals surface area contributed by atoms with Crippen molar-refractivity contribution in [1.29, 1.82) is 0 Å². The zero-order chi connectivity index (χ0) is 13.1. The molecule has 0 fully saturated rings. The second kappa shape index (κ2) is 5.19. The van der Waals surface area contributed by atoms with E-state index < -0.39 is 5.82 Å². The topological polar surface area (TPSA) is 43.1 Å². The predicted octanol–water partition coefficient (Wildman–Crippen LogP) is 3.49. The van der Waals surface area contributed by atoms with Crippen molar-refractivity contribution >= 4 is 23.1 Å². The van der Waals surface area contributed by atoms with E-state index in [0.717, 1.165) is 5.56 Å². The van der Waals surface area contributed by atoms with Crippen molar-refractivity contribution < 1.29 is 9.18 Å². The van der Waals surface area contributed by atoms with Crippen LogP contribution < -0.4 is 5.73 Å². The van der Waals surface area contributed by atoms with Gasteiger partial charge in [0, 0.05) is 12.1 Å². The summed E-state index contributed by atoms with van der Waals surface area (Å²) in [4.78, 5) is 12.0. The Bertz CT molecular complexity index is 578. The Morgan fingerprint density at radius 1 is 1.22 bits per heavy atom. The van der Waals surface area contributed by atoms with E-state index in [9.17, 15) is 9.18 Å². The Balaban J connectivity index is 2.28. The first-order valence-electron chi connectivity index (χ1n) is 5.39. The number of Topliss-reactive ketones (excluding diaryl/α,β-unsaturated/α-hetero) is 1. The van der Waals surface area contributed by atoms with Crippen molar-refractivity contribution in [3.8, 4) is 0 Å². The molecule has 4 heteroatoms. The number of hydrogen-bond acceptors (Lipinski definition) is 2. The summed E-state index contributed by atoms with van der Waals surface area (Å²) < 4.78 is 13.6. The van der Waals surface area contributed by atoms with Crippen LogP contribution in [-0.2, 0) is 6.42 Å². The van der Waals surface area contributed by atoms with Gasteiger partial charge in [-0.1, -0.05) is 29.8 Å². The van der Waals surface area contributed by atoms with Gasteiger partial charge in [-0.2, -0.15) is 0 Å². The molecule has 2 nitrogen and oxygen atoms in total. The first-order chi connectivity index (χ1) is 8.58. The fourth-order valence-electron chi connectivity index (χ4n) is 1.74. The van der Waals surface area contributed by atoms with E-state index in [4.69, 9.17) is 17.3 Å². The lowest BCUT2D eigenvalue weighted by atomic mass is 10.0. The quantitative estimate of drug-likeness (QED) is 0.680. The lowest BCUT2D eigenvalue weighted by Crippen LogP contribution is -2.07. The van der Waals surface area contributed by atoms with E-state index in [0.29, 0.717) is 5.69 Å². The van der Waals surface area contributed by atoms with Gasteiger partial charge in [-0.3, -0.25) is 4.79 Å². The van der Waals surface area contributed by atoms with Crippen molar-refractivity contribution in [2.24, 2.45) is 0 Å². The Kier molecular flexibility index (Phi) is 3.63. The number of carbonyl (C=O) groups is 1. The molecule has 2 rings (SSSR count). The number of benzene rings is 2. The minimum atomic E-state index is -0.601. The molecule has 0 amide bonds. The zero-order valence-corrected chi connectivity index (χ0v) is 10.2. The molecule has 0 saturated carbocycles. The lowest BCUT2D eigenvalue weighted by Gasteiger charge is -2.05. The van der Waals surface area contributed by atoms with Crippen LogP contribution >= 0.6 is 11.6 Å². The summed E-state index contributed by atoms with van der Waals surface area (Å²) in [6.45, 7) is 0. The molecule has 2 N–H and O–H groups in total. The molecular weight excluding hydrogens is 253 g/mol. The van der Waals surface area contributed by atoms with Crippen molar-refractivity contribution in [1.82, 2.24) is 0 Å². The van der Waals surface area contributed by atoms with Crippen LogP contribution in [0.2, 0.25) is 5.02 Å². The molecule has 0 aliphatic carbocycles. The maximum Gasteiger partial charge on any atom is 0.171 e. The third-order valence-corrected chi connectivity index (χ3v) is 2.87. The van der Waals surface area contributed by atoms with E-state index >= 15 is 0 Å². The first kappa shape index (κ1) is 12.6. The average molecular weight is 264 g/mol.